The number of hydrogen-bond acceptors (Lipinski definition) is 5. The molecule has 0 saturated heterocycles. The molecule has 2 N–H and O–H groups in total. The van der Waals surface area contributed by atoms with E-state index in [4.69, 9.17) is 9.84 Å². The van der Waals surface area contributed by atoms with E-state index in [0.29, 0.717) is 19.6 Å². The van der Waals surface area contributed by atoms with Crippen molar-refractivity contribution >= 4 is 33.2 Å². The van der Waals surface area contributed by atoms with Gasteiger partial charge in [-0.15, -0.1) is 0 Å². The fourth-order valence-corrected chi connectivity index (χ4v) is 6.84. The van der Waals surface area contributed by atoms with Crippen molar-refractivity contribution in [2.75, 3.05) is 31.7 Å². The van der Waals surface area contributed by atoms with Crippen molar-refractivity contribution in [1.82, 2.24) is 0 Å². The molecule has 0 radical (unpaired) electrons. The van der Waals surface area contributed by atoms with Gasteiger partial charge in [-0.05, 0) is 56.5 Å². The molecule has 0 saturated carbocycles. The molecule has 0 spiro atoms. The molecule has 9 heteroatoms. The second kappa shape index (κ2) is 14.1. The first-order chi connectivity index (χ1) is 21.3. The molecule has 2 heterocycles. The van der Waals surface area contributed by atoms with Crippen molar-refractivity contribution < 1.29 is 32.2 Å². The van der Waals surface area contributed by atoms with Gasteiger partial charge in [0.2, 0.25) is 5.69 Å². The molecular weight excluding hydrogens is 588 g/mol. The van der Waals surface area contributed by atoms with Crippen LogP contribution in [0, 0.1) is 0 Å². The summed E-state index contributed by atoms with van der Waals surface area (Å²) in [7, 11) is -2.67. The lowest BCUT2D eigenvalue weighted by atomic mass is 9.81. The number of benzene rings is 2. The molecule has 0 fully saturated rings. The summed E-state index contributed by atoms with van der Waals surface area (Å²) in [4.78, 5) is 13.1. The predicted molar refractivity (Wildman–Crippen MR) is 179 cm³/mol. The Hall–Kier alpha value is -3.79. The Morgan fingerprint density at radius 3 is 2.36 bits per heavy atom. The number of methoxy groups -OCH3 is 1. The molecule has 2 aromatic carbocycles. The van der Waals surface area contributed by atoms with Crippen LogP contribution in [-0.2, 0) is 30.5 Å². The summed E-state index contributed by atoms with van der Waals surface area (Å²) >= 11 is 0. The molecule has 0 bridgehead atoms. The molecule has 0 amide bonds. The van der Waals surface area contributed by atoms with E-state index >= 15 is 0 Å². The molecule has 45 heavy (non-hydrogen) atoms. The molecule has 0 atom stereocenters. The van der Waals surface area contributed by atoms with Gasteiger partial charge in [-0.2, -0.15) is 13.0 Å². The Bertz CT molecular complexity index is 1680. The zero-order valence-electron chi connectivity index (χ0n) is 26.9. The highest BCUT2D eigenvalue weighted by Crippen LogP contribution is 2.47. The normalized spacial score (nSPS) is 18.2. The van der Waals surface area contributed by atoms with Gasteiger partial charge in [-0.1, -0.05) is 68.8 Å². The lowest BCUT2D eigenvalue weighted by Gasteiger charge is -2.27. The summed E-state index contributed by atoms with van der Waals surface area (Å²) in [6.07, 6.45) is 16.8. The van der Waals surface area contributed by atoms with E-state index in [1.165, 1.54) is 23.0 Å². The Kier molecular flexibility index (Phi) is 10.7. The largest absolute Gasteiger partial charge is 0.481 e. The summed E-state index contributed by atoms with van der Waals surface area (Å²) in [5.74, 6) is -0.746. The minimum atomic E-state index is -4.32. The van der Waals surface area contributed by atoms with E-state index in [1.807, 2.05) is 44.2 Å². The number of para-hydroxylation sites is 1. The number of carboxylic acids is 1. The molecule has 0 unspecified atom stereocenters. The molecule has 240 valence electrons. The first-order valence-corrected chi connectivity index (χ1v) is 16.8. The summed E-state index contributed by atoms with van der Waals surface area (Å²) < 4.78 is 40.7. The third kappa shape index (κ3) is 7.54. The highest BCUT2D eigenvalue weighted by Gasteiger charge is 2.45. The topological polar surface area (TPSA) is 107 Å². The number of rotatable bonds is 14. The van der Waals surface area contributed by atoms with Crippen molar-refractivity contribution in [3.05, 3.63) is 102 Å². The summed E-state index contributed by atoms with van der Waals surface area (Å²) in [6, 6.07) is 13.2. The van der Waals surface area contributed by atoms with E-state index in [9.17, 15) is 17.8 Å². The van der Waals surface area contributed by atoms with Crippen molar-refractivity contribution in [1.29, 1.82) is 0 Å². The summed E-state index contributed by atoms with van der Waals surface area (Å²) in [5, 5.41) is 8.96. The van der Waals surface area contributed by atoms with Crippen molar-refractivity contribution in [3.63, 3.8) is 0 Å². The van der Waals surface area contributed by atoms with Crippen LogP contribution in [-0.4, -0.2) is 61.1 Å². The average Bonchev–Trinajstić information content (AvgIpc) is 3.33. The molecular formula is C36H45N2O6S+. The number of fused-ring (bicyclic) bond motifs is 2. The van der Waals surface area contributed by atoms with Crippen LogP contribution in [0.2, 0.25) is 0 Å². The van der Waals surface area contributed by atoms with Gasteiger partial charge in [0.15, 0.2) is 12.3 Å². The van der Waals surface area contributed by atoms with Crippen molar-refractivity contribution in [3.8, 4) is 0 Å². The van der Waals surface area contributed by atoms with Crippen LogP contribution in [0.4, 0.5) is 11.4 Å². The number of ether oxygens (including phenoxy) is 1. The third-order valence-electron chi connectivity index (χ3n) is 8.70. The number of unbranched alkanes of at least 4 members (excludes halogenated alkanes) is 2. The van der Waals surface area contributed by atoms with Gasteiger partial charge in [0.25, 0.3) is 10.1 Å². The summed E-state index contributed by atoms with van der Waals surface area (Å²) in [5.41, 5.74) is 5.77. The standard InChI is InChI=1S/C36H44N2O6S/c1-35(2)28-16-13-14-17-30(28)37(23-15-9-12-20-34(39)40)32(35)18-10-7-6-8-11-19-33-36(3,4)29-26-27(45(41,42)43)21-22-31(29)38(33)24-25-44-5/h6-8,10-11,13-14,16-19,21-22,26H,9,12,15,20,23-25H2,1-5H3,(H-,39,40,41,42,43)/p+1. The van der Waals surface area contributed by atoms with Crippen LogP contribution in [0.3, 0.4) is 0 Å². The SMILES string of the molecule is COCC[N+]1=C(/C=C/C=C/C=C/C=C2/N(CCCCCC(=O)O)c3ccccc3C2(C)C)C(C)(C)c2cc(S(=O)(=O)O)ccc21. The van der Waals surface area contributed by atoms with Gasteiger partial charge in [0.1, 0.15) is 6.61 Å². The minimum Gasteiger partial charge on any atom is -0.481 e. The monoisotopic (exact) mass is 633 g/mol. The van der Waals surface area contributed by atoms with Crippen LogP contribution in [0.15, 0.2) is 95.6 Å². The lowest BCUT2D eigenvalue weighted by Crippen LogP contribution is -2.28. The Balaban J connectivity index is 1.51. The Labute approximate surface area is 267 Å². The third-order valence-corrected chi connectivity index (χ3v) is 9.55. The van der Waals surface area contributed by atoms with Crippen LogP contribution in [0.1, 0.15) is 64.5 Å². The van der Waals surface area contributed by atoms with E-state index in [-0.39, 0.29) is 16.7 Å². The number of anilines is 1. The first-order valence-electron chi connectivity index (χ1n) is 15.4. The average molecular weight is 634 g/mol. The molecule has 2 aliphatic heterocycles. The number of allylic oxidation sites excluding steroid dienone is 8. The van der Waals surface area contributed by atoms with Crippen molar-refractivity contribution in [2.24, 2.45) is 0 Å². The maximum Gasteiger partial charge on any atom is 0.303 e. The quantitative estimate of drug-likeness (QED) is 0.100. The highest BCUT2D eigenvalue weighted by atomic mass is 32.2. The van der Waals surface area contributed by atoms with E-state index in [1.54, 1.807) is 19.2 Å². The fourth-order valence-electron chi connectivity index (χ4n) is 6.33. The summed E-state index contributed by atoms with van der Waals surface area (Å²) in [6.45, 7) is 10.5. The number of aliphatic carboxylic acids is 1. The maximum absolute atomic E-state index is 11.8. The van der Waals surface area contributed by atoms with Gasteiger partial charge in [-0.3, -0.25) is 9.35 Å². The Morgan fingerprint density at radius 1 is 0.933 bits per heavy atom. The molecule has 0 aromatic heterocycles. The molecule has 4 rings (SSSR count). The zero-order chi connectivity index (χ0) is 32.8. The van der Waals surface area contributed by atoms with E-state index in [2.05, 4.69) is 59.7 Å². The second-order valence-electron chi connectivity index (χ2n) is 12.5. The lowest BCUT2D eigenvalue weighted by molar-refractivity contribution is -0.441. The van der Waals surface area contributed by atoms with Crippen LogP contribution < -0.4 is 4.90 Å². The molecule has 0 aliphatic carbocycles. The highest BCUT2D eigenvalue weighted by molar-refractivity contribution is 7.85. The van der Waals surface area contributed by atoms with Gasteiger partial charge in [0.05, 0.1) is 10.3 Å². The number of hydrogen-bond donors (Lipinski definition) is 2. The van der Waals surface area contributed by atoms with Gasteiger partial charge >= 0.3 is 5.97 Å². The zero-order valence-corrected chi connectivity index (χ0v) is 27.7. The van der Waals surface area contributed by atoms with Gasteiger partial charge < -0.3 is 14.7 Å². The van der Waals surface area contributed by atoms with Crippen LogP contribution in [0.5, 0.6) is 0 Å². The molecule has 8 nitrogen and oxygen atoms in total. The van der Waals surface area contributed by atoms with E-state index in [0.717, 1.165) is 36.3 Å². The number of nitrogens with zero attached hydrogens (tertiary/aromatic N) is 2. The number of carbonyl (C=O) groups is 1. The fraction of sp³-hybridized carbons (Fsp3) is 0.389. The number of carboxylic acid groups (broad SMARTS) is 1. The smallest absolute Gasteiger partial charge is 0.303 e. The van der Waals surface area contributed by atoms with Crippen LogP contribution in [0.25, 0.3) is 0 Å². The van der Waals surface area contributed by atoms with E-state index < -0.39 is 21.5 Å². The van der Waals surface area contributed by atoms with Crippen molar-refractivity contribution in [2.45, 2.75) is 69.1 Å². The first kappa shape index (κ1) is 34.1. The maximum atomic E-state index is 11.8. The minimum absolute atomic E-state index is 0.115. The molecule has 2 aliphatic rings. The second-order valence-corrected chi connectivity index (χ2v) is 13.9. The Morgan fingerprint density at radius 2 is 1.64 bits per heavy atom. The van der Waals surface area contributed by atoms with Gasteiger partial charge in [-0.25, -0.2) is 0 Å². The predicted octanol–water partition coefficient (Wildman–Crippen LogP) is 6.95. The van der Waals surface area contributed by atoms with Crippen LogP contribution >= 0.6 is 0 Å². The molecule has 2 aromatic rings. The van der Waals surface area contributed by atoms with Gasteiger partial charge in [0, 0.05) is 54.6 Å².